The van der Waals surface area contributed by atoms with Gasteiger partial charge >= 0.3 is 0 Å². The molecule has 0 saturated heterocycles. The maximum atomic E-state index is 12.1. The average molecular weight is 425 g/mol. The minimum Gasteiger partial charge on any atom is -0.484 e. The Labute approximate surface area is 169 Å². The molecule has 27 heavy (non-hydrogen) atoms. The van der Waals surface area contributed by atoms with Crippen LogP contribution in [0.4, 0.5) is 5.13 Å². The summed E-state index contributed by atoms with van der Waals surface area (Å²) in [6.45, 7) is 4.71. The molecule has 0 saturated carbocycles. The maximum absolute atomic E-state index is 12.1. The number of nitrogens with one attached hydrogen (secondary N) is 1. The molecule has 0 aliphatic heterocycles. The van der Waals surface area contributed by atoms with Gasteiger partial charge in [-0.15, -0.1) is 20.4 Å². The SMILES string of the molecule is CCn1c(COc2ccccc2Cl)nnc1SCC(=O)Nc1nnc(C)s1. The first-order valence-electron chi connectivity index (χ1n) is 8.09. The second-order valence-electron chi connectivity index (χ2n) is 5.33. The van der Waals surface area contributed by atoms with E-state index in [0.717, 1.165) is 5.01 Å². The van der Waals surface area contributed by atoms with E-state index in [1.807, 2.05) is 30.5 Å². The first-order chi connectivity index (χ1) is 13.1. The summed E-state index contributed by atoms with van der Waals surface area (Å²) in [4.78, 5) is 12.1. The number of carbonyl (C=O) groups is 1. The Bertz CT molecular complexity index is 929. The number of carbonyl (C=O) groups excluding carboxylic acids is 1. The topological polar surface area (TPSA) is 94.8 Å². The number of thioether (sulfide) groups is 1. The van der Waals surface area contributed by atoms with Gasteiger partial charge in [-0.1, -0.05) is 46.8 Å². The number of rotatable bonds is 8. The summed E-state index contributed by atoms with van der Waals surface area (Å²) in [6, 6.07) is 7.25. The van der Waals surface area contributed by atoms with Crippen LogP contribution in [-0.2, 0) is 17.9 Å². The lowest BCUT2D eigenvalue weighted by molar-refractivity contribution is -0.113. The largest absolute Gasteiger partial charge is 0.484 e. The van der Waals surface area contributed by atoms with Gasteiger partial charge < -0.3 is 9.30 Å². The van der Waals surface area contributed by atoms with Crippen LogP contribution in [0.5, 0.6) is 5.75 Å². The van der Waals surface area contributed by atoms with Crippen molar-refractivity contribution in [1.29, 1.82) is 0 Å². The molecule has 8 nitrogen and oxygen atoms in total. The molecular weight excluding hydrogens is 408 g/mol. The van der Waals surface area contributed by atoms with Crippen LogP contribution >= 0.6 is 34.7 Å². The van der Waals surface area contributed by atoms with Crippen molar-refractivity contribution in [2.45, 2.75) is 32.2 Å². The van der Waals surface area contributed by atoms with E-state index in [-0.39, 0.29) is 18.3 Å². The molecular formula is C16H17ClN6O2S2. The summed E-state index contributed by atoms with van der Waals surface area (Å²) < 4.78 is 7.63. The molecule has 0 radical (unpaired) electrons. The molecule has 1 amide bonds. The highest BCUT2D eigenvalue weighted by Crippen LogP contribution is 2.25. The predicted molar refractivity (Wildman–Crippen MR) is 105 cm³/mol. The first-order valence-corrected chi connectivity index (χ1v) is 10.3. The maximum Gasteiger partial charge on any atom is 0.236 e. The van der Waals surface area contributed by atoms with Crippen LogP contribution in [0, 0.1) is 6.92 Å². The normalized spacial score (nSPS) is 10.8. The average Bonchev–Trinajstić information content (AvgIpc) is 3.24. The van der Waals surface area contributed by atoms with E-state index in [1.54, 1.807) is 12.1 Å². The third-order valence-electron chi connectivity index (χ3n) is 3.41. The molecule has 3 rings (SSSR count). The van der Waals surface area contributed by atoms with Crippen molar-refractivity contribution in [1.82, 2.24) is 25.0 Å². The van der Waals surface area contributed by atoms with Gasteiger partial charge in [0.05, 0.1) is 10.8 Å². The van der Waals surface area contributed by atoms with Crippen molar-refractivity contribution < 1.29 is 9.53 Å². The number of hydrogen-bond acceptors (Lipinski definition) is 8. The van der Waals surface area contributed by atoms with E-state index >= 15 is 0 Å². The van der Waals surface area contributed by atoms with Crippen molar-refractivity contribution in [3.05, 3.63) is 40.1 Å². The highest BCUT2D eigenvalue weighted by molar-refractivity contribution is 7.99. The molecule has 0 fully saturated rings. The fraction of sp³-hybridized carbons (Fsp3) is 0.312. The van der Waals surface area contributed by atoms with E-state index < -0.39 is 0 Å². The van der Waals surface area contributed by atoms with Gasteiger partial charge in [-0.25, -0.2) is 0 Å². The summed E-state index contributed by atoms with van der Waals surface area (Å²) >= 11 is 8.73. The van der Waals surface area contributed by atoms with Crippen LogP contribution in [0.1, 0.15) is 17.8 Å². The minimum atomic E-state index is -0.171. The van der Waals surface area contributed by atoms with Crippen molar-refractivity contribution in [3.63, 3.8) is 0 Å². The fourth-order valence-electron chi connectivity index (χ4n) is 2.19. The third-order valence-corrected chi connectivity index (χ3v) is 5.44. The molecule has 0 unspecified atom stereocenters. The number of halogens is 1. The van der Waals surface area contributed by atoms with Gasteiger partial charge in [-0.3, -0.25) is 10.1 Å². The Morgan fingerprint density at radius 2 is 2.11 bits per heavy atom. The zero-order valence-electron chi connectivity index (χ0n) is 14.7. The highest BCUT2D eigenvalue weighted by Gasteiger charge is 2.15. The molecule has 0 aliphatic carbocycles. The van der Waals surface area contributed by atoms with E-state index in [4.69, 9.17) is 16.3 Å². The fourth-order valence-corrected chi connectivity index (χ4v) is 3.81. The molecule has 2 aromatic heterocycles. The van der Waals surface area contributed by atoms with Crippen LogP contribution in [0.2, 0.25) is 5.02 Å². The molecule has 0 bridgehead atoms. The zero-order valence-corrected chi connectivity index (χ0v) is 17.1. The van der Waals surface area contributed by atoms with Crippen molar-refractivity contribution in [2.24, 2.45) is 0 Å². The third kappa shape index (κ3) is 5.18. The second-order valence-corrected chi connectivity index (χ2v) is 7.86. The molecule has 11 heteroatoms. The lowest BCUT2D eigenvalue weighted by Gasteiger charge is -2.09. The van der Waals surface area contributed by atoms with Gasteiger partial charge in [0, 0.05) is 6.54 Å². The van der Waals surface area contributed by atoms with Crippen LogP contribution in [0.3, 0.4) is 0 Å². The number of aromatic nitrogens is 5. The second kappa shape index (κ2) is 9.16. The van der Waals surface area contributed by atoms with E-state index in [0.29, 0.717) is 33.4 Å². The van der Waals surface area contributed by atoms with E-state index in [1.165, 1.54) is 23.1 Å². The molecule has 1 aromatic carbocycles. The van der Waals surface area contributed by atoms with Gasteiger partial charge in [-0.05, 0) is 26.0 Å². The number of aryl methyl sites for hydroxylation is 1. The first kappa shape index (κ1) is 19.6. The van der Waals surface area contributed by atoms with Crippen LogP contribution in [0.15, 0.2) is 29.4 Å². The minimum absolute atomic E-state index is 0.171. The Morgan fingerprint density at radius 1 is 1.30 bits per heavy atom. The number of hydrogen-bond donors (Lipinski definition) is 1. The summed E-state index contributed by atoms with van der Waals surface area (Å²) in [5, 5.41) is 21.3. The summed E-state index contributed by atoms with van der Waals surface area (Å²) in [5.74, 6) is 1.28. The smallest absolute Gasteiger partial charge is 0.236 e. The van der Waals surface area contributed by atoms with Gasteiger partial charge in [0.25, 0.3) is 0 Å². The standard InChI is InChI=1S/C16H17ClN6O2S2/c1-3-23-13(8-25-12-7-5-4-6-11(12)17)20-22-16(23)26-9-14(24)18-15-21-19-10(2)27-15/h4-7H,3,8-9H2,1-2H3,(H,18,21,24). The Hall–Kier alpha value is -2.17. The highest BCUT2D eigenvalue weighted by atomic mass is 35.5. The zero-order chi connectivity index (χ0) is 19.2. The van der Waals surface area contributed by atoms with E-state index in [2.05, 4.69) is 25.7 Å². The predicted octanol–water partition coefficient (Wildman–Crippen LogP) is 3.42. The van der Waals surface area contributed by atoms with Crippen LogP contribution in [0.25, 0.3) is 0 Å². The number of nitrogens with zero attached hydrogens (tertiary/aromatic N) is 5. The molecule has 3 aromatic rings. The number of benzene rings is 1. The lowest BCUT2D eigenvalue weighted by Crippen LogP contribution is -2.14. The van der Waals surface area contributed by atoms with Gasteiger partial charge in [0.1, 0.15) is 17.4 Å². The number of amides is 1. The molecule has 2 heterocycles. The molecule has 0 aliphatic rings. The van der Waals surface area contributed by atoms with Crippen molar-refractivity contribution in [2.75, 3.05) is 11.1 Å². The number of para-hydroxylation sites is 1. The van der Waals surface area contributed by atoms with Crippen LogP contribution in [-0.4, -0.2) is 36.6 Å². The Balaban J connectivity index is 1.58. The van der Waals surface area contributed by atoms with Gasteiger partial charge in [0.15, 0.2) is 11.0 Å². The monoisotopic (exact) mass is 424 g/mol. The summed E-state index contributed by atoms with van der Waals surface area (Å²) in [6.07, 6.45) is 0. The van der Waals surface area contributed by atoms with Gasteiger partial charge in [0.2, 0.25) is 11.0 Å². The Kier molecular flexibility index (Phi) is 6.64. The molecule has 0 spiro atoms. The Morgan fingerprint density at radius 3 is 2.81 bits per heavy atom. The van der Waals surface area contributed by atoms with Crippen molar-refractivity contribution in [3.8, 4) is 5.75 Å². The quantitative estimate of drug-likeness (QED) is 0.553. The number of ether oxygens (including phenoxy) is 1. The van der Waals surface area contributed by atoms with Crippen LogP contribution < -0.4 is 10.1 Å². The summed E-state index contributed by atoms with van der Waals surface area (Å²) in [5.41, 5.74) is 0. The van der Waals surface area contributed by atoms with Gasteiger partial charge in [-0.2, -0.15) is 0 Å². The molecule has 142 valence electrons. The summed E-state index contributed by atoms with van der Waals surface area (Å²) in [7, 11) is 0. The molecule has 1 N–H and O–H groups in total. The number of anilines is 1. The van der Waals surface area contributed by atoms with E-state index in [9.17, 15) is 4.79 Å². The molecule has 0 atom stereocenters. The van der Waals surface area contributed by atoms with Crippen molar-refractivity contribution >= 4 is 45.7 Å². The lowest BCUT2D eigenvalue weighted by atomic mass is 10.3.